The van der Waals surface area contributed by atoms with E-state index in [2.05, 4.69) is 15.2 Å². The zero-order valence-electron chi connectivity index (χ0n) is 16.6. The van der Waals surface area contributed by atoms with Crippen LogP contribution in [-0.2, 0) is 12.1 Å². The van der Waals surface area contributed by atoms with E-state index in [1.165, 1.54) is 34.2 Å². The molecule has 2 atom stereocenters. The van der Waals surface area contributed by atoms with Crippen molar-refractivity contribution in [2.75, 3.05) is 0 Å². The molecule has 6 nitrogen and oxygen atoms in total. The van der Waals surface area contributed by atoms with Gasteiger partial charge in [0.05, 0.1) is 18.1 Å². The lowest BCUT2D eigenvalue weighted by Gasteiger charge is -2.35. The minimum absolute atomic E-state index is 0.104. The Balaban J connectivity index is 1.88. The van der Waals surface area contributed by atoms with E-state index in [-0.39, 0.29) is 17.9 Å². The monoisotopic (exact) mass is 415 g/mol. The zero-order valence-corrected chi connectivity index (χ0v) is 16.6. The third-order valence-electron chi connectivity index (χ3n) is 5.55. The van der Waals surface area contributed by atoms with Gasteiger partial charge in [-0.3, -0.25) is 4.68 Å². The fourth-order valence-corrected chi connectivity index (χ4v) is 3.78. The number of nitrogens with zero attached hydrogens (tertiary/aromatic N) is 5. The molecule has 0 fully saturated rings. The lowest BCUT2D eigenvalue weighted by molar-refractivity contribution is -0.0372. The third-order valence-corrected chi connectivity index (χ3v) is 5.55. The summed E-state index contributed by atoms with van der Waals surface area (Å²) >= 11 is 0. The highest BCUT2D eigenvalue weighted by atomic mass is 19.1. The van der Waals surface area contributed by atoms with Crippen molar-refractivity contribution in [2.45, 2.75) is 39.0 Å². The van der Waals surface area contributed by atoms with Crippen molar-refractivity contribution in [3.8, 4) is 0 Å². The van der Waals surface area contributed by atoms with E-state index in [0.717, 1.165) is 12.1 Å². The van der Waals surface area contributed by atoms with Gasteiger partial charge >= 0.3 is 0 Å². The van der Waals surface area contributed by atoms with Crippen LogP contribution in [-0.4, -0.2) is 29.7 Å². The van der Waals surface area contributed by atoms with E-state index in [9.17, 15) is 18.3 Å². The highest BCUT2D eigenvalue weighted by molar-refractivity contribution is 5.82. The number of fused-ring (bicyclic) bond motifs is 1. The van der Waals surface area contributed by atoms with Crippen LogP contribution in [0.3, 0.4) is 0 Å². The molecule has 0 spiro atoms. The van der Waals surface area contributed by atoms with Crippen LogP contribution in [0, 0.1) is 31.3 Å². The van der Waals surface area contributed by atoms with Gasteiger partial charge in [-0.1, -0.05) is 6.07 Å². The van der Waals surface area contributed by atoms with Gasteiger partial charge < -0.3 is 5.11 Å². The Bertz CT molecular complexity index is 1220. The maximum absolute atomic E-state index is 14.7. The van der Waals surface area contributed by atoms with Crippen LogP contribution >= 0.6 is 0 Å². The van der Waals surface area contributed by atoms with E-state index >= 15 is 0 Å². The Hall–Kier alpha value is -3.20. The number of aliphatic hydroxyl groups is 1. The van der Waals surface area contributed by atoms with E-state index < -0.39 is 23.3 Å². The lowest BCUT2D eigenvalue weighted by Crippen LogP contribution is -2.41. The predicted octanol–water partition coefficient (Wildman–Crippen LogP) is 3.81. The Labute approximate surface area is 170 Å². The summed E-state index contributed by atoms with van der Waals surface area (Å²) in [4.78, 5) is 3.86. The third kappa shape index (κ3) is 3.24. The summed E-state index contributed by atoms with van der Waals surface area (Å²) in [5.74, 6) is -2.00. The standard InChI is InChI=1S/C21H20F3N5O/c1-12-6-20-16(8-18(12)23)13(2)29(27-20)14(3)21(30,9-28-11-25-10-26-28)17-5-4-15(22)7-19(17)24/h4-8,10-11,14,30H,9H2,1-3H3/t14-,21-/m1/s1. The maximum Gasteiger partial charge on any atom is 0.137 e. The quantitative estimate of drug-likeness (QED) is 0.538. The van der Waals surface area contributed by atoms with Gasteiger partial charge in [-0.2, -0.15) is 10.2 Å². The first-order chi connectivity index (χ1) is 14.2. The second-order valence-corrected chi connectivity index (χ2v) is 7.47. The molecule has 2 heterocycles. The zero-order chi connectivity index (χ0) is 21.6. The number of aromatic nitrogens is 5. The van der Waals surface area contributed by atoms with Gasteiger partial charge in [-0.15, -0.1) is 0 Å². The van der Waals surface area contributed by atoms with Crippen LogP contribution < -0.4 is 0 Å². The van der Waals surface area contributed by atoms with E-state index in [1.54, 1.807) is 26.8 Å². The number of rotatable bonds is 5. The van der Waals surface area contributed by atoms with Crippen LogP contribution in [0.4, 0.5) is 13.2 Å². The van der Waals surface area contributed by atoms with Crippen LogP contribution in [0.2, 0.25) is 0 Å². The molecule has 0 aliphatic heterocycles. The molecular weight excluding hydrogens is 395 g/mol. The van der Waals surface area contributed by atoms with Crippen LogP contribution in [0.5, 0.6) is 0 Å². The molecule has 2 aromatic carbocycles. The molecule has 1 N–H and O–H groups in total. The normalized spacial score (nSPS) is 14.8. The predicted molar refractivity (Wildman–Crippen MR) is 104 cm³/mol. The van der Waals surface area contributed by atoms with Crippen molar-refractivity contribution in [3.05, 3.63) is 77.3 Å². The fraction of sp³-hybridized carbons (Fsp3) is 0.286. The molecule has 4 aromatic rings. The largest absolute Gasteiger partial charge is 0.381 e. The van der Waals surface area contributed by atoms with E-state index in [0.29, 0.717) is 22.2 Å². The summed E-state index contributed by atoms with van der Waals surface area (Å²) in [6, 6.07) is 5.22. The van der Waals surface area contributed by atoms with E-state index in [4.69, 9.17) is 0 Å². The van der Waals surface area contributed by atoms with Crippen molar-refractivity contribution in [1.82, 2.24) is 24.5 Å². The highest BCUT2D eigenvalue weighted by Gasteiger charge is 2.41. The summed E-state index contributed by atoms with van der Waals surface area (Å²) in [5, 5.41) is 20.8. The van der Waals surface area contributed by atoms with Gasteiger partial charge in [0.25, 0.3) is 0 Å². The molecule has 0 bridgehead atoms. The summed E-state index contributed by atoms with van der Waals surface area (Å²) in [5.41, 5.74) is -0.348. The van der Waals surface area contributed by atoms with Gasteiger partial charge in [0.15, 0.2) is 0 Å². The summed E-state index contributed by atoms with van der Waals surface area (Å²) in [6.45, 7) is 4.90. The van der Waals surface area contributed by atoms with Crippen molar-refractivity contribution in [2.24, 2.45) is 0 Å². The second kappa shape index (κ2) is 7.24. The Kier molecular flexibility index (Phi) is 4.85. The fourth-order valence-electron chi connectivity index (χ4n) is 3.78. The number of aryl methyl sites for hydroxylation is 2. The molecule has 0 unspecified atom stereocenters. The summed E-state index contributed by atoms with van der Waals surface area (Å²) in [6.07, 6.45) is 2.69. The van der Waals surface area contributed by atoms with Crippen LogP contribution in [0.1, 0.15) is 29.8 Å². The van der Waals surface area contributed by atoms with Gasteiger partial charge in [-0.05, 0) is 44.5 Å². The average molecular weight is 415 g/mol. The second-order valence-electron chi connectivity index (χ2n) is 7.47. The molecule has 0 aliphatic rings. The first-order valence-corrected chi connectivity index (χ1v) is 9.36. The molecule has 0 aliphatic carbocycles. The number of benzene rings is 2. The van der Waals surface area contributed by atoms with Gasteiger partial charge in [0.1, 0.15) is 35.7 Å². The van der Waals surface area contributed by atoms with Gasteiger partial charge in [0.2, 0.25) is 0 Å². The Morgan fingerprint density at radius 1 is 1.10 bits per heavy atom. The minimum Gasteiger partial charge on any atom is -0.381 e. The Morgan fingerprint density at radius 2 is 1.87 bits per heavy atom. The number of hydrogen-bond donors (Lipinski definition) is 1. The smallest absolute Gasteiger partial charge is 0.137 e. The molecule has 30 heavy (non-hydrogen) atoms. The van der Waals surface area contributed by atoms with Crippen molar-refractivity contribution in [3.63, 3.8) is 0 Å². The summed E-state index contributed by atoms with van der Waals surface area (Å²) < 4.78 is 45.2. The first kappa shape index (κ1) is 20.1. The molecule has 0 saturated heterocycles. The molecule has 2 aromatic heterocycles. The van der Waals surface area contributed by atoms with Crippen molar-refractivity contribution >= 4 is 10.9 Å². The molecule has 0 saturated carbocycles. The van der Waals surface area contributed by atoms with Crippen molar-refractivity contribution in [1.29, 1.82) is 0 Å². The van der Waals surface area contributed by atoms with Crippen LogP contribution in [0.15, 0.2) is 43.0 Å². The molecule has 156 valence electrons. The highest BCUT2D eigenvalue weighted by Crippen LogP contribution is 2.38. The topological polar surface area (TPSA) is 68.8 Å². The number of hydrogen-bond acceptors (Lipinski definition) is 4. The molecule has 0 amide bonds. The Morgan fingerprint density at radius 3 is 2.53 bits per heavy atom. The molecule has 9 heteroatoms. The first-order valence-electron chi connectivity index (χ1n) is 9.36. The van der Waals surface area contributed by atoms with Crippen molar-refractivity contribution < 1.29 is 18.3 Å². The van der Waals surface area contributed by atoms with E-state index in [1.807, 2.05) is 0 Å². The van der Waals surface area contributed by atoms with Gasteiger partial charge in [0, 0.05) is 22.7 Å². The van der Waals surface area contributed by atoms with Crippen LogP contribution in [0.25, 0.3) is 10.9 Å². The minimum atomic E-state index is -1.86. The SMILES string of the molecule is Cc1cc2nn([C@H](C)[C@](O)(Cn3cncn3)c3ccc(F)cc3F)c(C)c2cc1F. The molecule has 0 radical (unpaired) electrons. The van der Waals surface area contributed by atoms with Gasteiger partial charge in [-0.25, -0.2) is 22.8 Å². The lowest BCUT2D eigenvalue weighted by atomic mass is 9.86. The molecular formula is C21H20F3N5O. The number of halogens is 3. The molecule has 4 rings (SSSR count). The maximum atomic E-state index is 14.7. The average Bonchev–Trinajstić information content (AvgIpc) is 3.30. The summed E-state index contributed by atoms with van der Waals surface area (Å²) in [7, 11) is 0.